The van der Waals surface area contributed by atoms with Gasteiger partial charge in [0, 0.05) is 22.6 Å². The number of nitrogen functional groups attached to an aromatic ring is 1. The number of hydrogen-bond donors (Lipinski definition) is 2. The summed E-state index contributed by atoms with van der Waals surface area (Å²) in [6, 6.07) is 11.6. The standard InChI is InChI=1S/C24H23N5O3S/c25-29-23(14-7-2-1-3-8-14)27-28-24(29)33-13-19(30)26-18-12-6-11-17-20(18)22(32)16-10-5-4-9-15(16)21(17)31/h4-6,9-12,14H,1-3,7-8,13,25H2,(H,26,30). The number of nitrogens with one attached hydrogen (secondary N) is 1. The van der Waals surface area contributed by atoms with E-state index < -0.39 is 0 Å². The number of amides is 1. The molecule has 2 aliphatic rings. The smallest absolute Gasteiger partial charge is 0.234 e. The maximum absolute atomic E-state index is 13.1. The zero-order valence-corrected chi connectivity index (χ0v) is 18.7. The molecular weight excluding hydrogens is 438 g/mol. The van der Waals surface area contributed by atoms with Crippen molar-refractivity contribution in [3.05, 3.63) is 70.5 Å². The van der Waals surface area contributed by atoms with Crippen LogP contribution in [0.1, 0.15) is 75.7 Å². The first-order valence-corrected chi connectivity index (χ1v) is 12.0. The van der Waals surface area contributed by atoms with Gasteiger partial charge in [-0.1, -0.05) is 67.4 Å². The number of anilines is 1. The molecule has 0 saturated heterocycles. The fourth-order valence-corrected chi connectivity index (χ4v) is 5.26. The van der Waals surface area contributed by atoms with Crippen LogP contribution in [0.3, 0.4) is 0 Å². The van der Waals surface area contributed by atoms with Crippen LogP contribution in [0.2, 0.25) is 0 Å². The number of hydrogen-bond acceptors (Lipinski definition) is 7. The number of fused-ring (bicyclic) bond motifs is 2. The van der Waals surface area contributed by atoms with Crippen molar-refractivity contribution in [3.63, 3.8) is 0 Å². The predicted molar refractivity (Wildman–Crippen MR) is 125 cm³/mol. The van der Waals surface area contributed by atoms with Gasteiger partial charge < -0.3 is 11.2 Å². The largest absolute Gasteiger partial charge is 0.336 e. The summed E-state index contributed by atoms with van der Waals surface area (Å²) in [4.78, 5) is 38.7. The van der Waals surface area contributed by atoms with E-state index in [-0.39, 0.29) is 28.8 Å². The zero-order chi connectivity index (χ0) is 22.9. The van der Waals surface area contributed by atoms with Gasteiger partial charge in [-0.15, -0.1) is 10.2 Å². The molecule has 0 atom stereocenters. The van der Waals surface area contributed by atoms with E-state index in [4.69, 9.17) is 5.84 Å². The van der Waals surface area contributed by atoms with Gasteiger partial charge in [0.1, 0.15) is 0 Å². The molecular formula is C24H23N5O3S. The van der Waals surface area contributed by atoms with E-state index in [2.05, 4.69) is 15.5 Å². The van der Waals surface area contributed by atoms with Crippen molar-refractivity contribution in [2.45, 2.75) is 43.2 Å². The maximum Gasteiger partial charge on any atom is 0.234 e. The summed E-state index contributed by atoms with van der Waals surface area (Å²) in [7, 11) is 0. The highest BCUT2D eigenvalue weighted by molar-refractivity contribution is 7.99. The van der Waals surface area contributed by atoms with Crippen LogP contribution in [0.4, 0.5) is 5.69 Å². The fourth-order valence-electron chi connectivity index (χ4n) is 4.59. The first-order valence-electron chi connectivity index (χ1n) is 11.0. The van der Waals surface area contributed by atoms with Crippen molar-refractivity contribution in [2.75, 3.05) is 16.9 Å². The Kier molecular flexibility index (Phi) is 5.72. The second-order valence-electron chi connectivity index (χ2n) is 8.31. The van der Waals surface area contributed by atoms with Crippen LogP contribution in [-0.2, 0) is 4.79 Å². The Morgan fingerprint density at radius 2 is 1.67 bits per heavy atom. The third-order valence-electron chi connectivity index (χ3n) is 6.22. The minimum atomic E-state index is -0.324. The lowest BCUT2D eigenvalue weighted by Gasteiger charge is -2.20. The number of nitrogens with two attached hydrogens (primary N) is 1. The van der Waals surface area contributed by atoms with Gasteiger partial charge in [-0.05, 0) is 18.9 Å². The molecule has 1 saturated carbocycles. The van der Waals surface area contributed by atoms with Crippen LogP contribution >= 0.6 is 11.8 Å². The van der Waals surface area contributed by atoms with Crippen LogP contribution in [0.5, 0.6) is 0 Å². The Balaban J connectivity index is 1.30. The predicted octanol–water partition coefficient (Wildman–Crippen LogP) is 3.55. The van der Waals surface area contributed by atoms with Gasteiger partial charge in [-0.25, -0.2) is 4.68 Å². The van der Waals surface area contributed by atoms with E-state index in [1.54, 1.807) is 42.5 Å². The molecule has 0 unspecified atom stereocenters. The summed E-state index contributed by atoms with van der Waals surface area (Å²) >= 11 is 1.19. The van der Waals surface area contributed by atoms with Gasteiger partial charge in [0.2, 0.25) is 11.1 Å². The van der Waals surface area contributed by atoms with Crippen LogP contribution in [0, 0.1) is 0 Å². The summed E-state index contributed by atoms with van der Waals surface area (Å²) < 4.78 is 1.48. The molecule has 3 N–H and O–H groups in total. The lowest BCUT2D eigenvalue weighted by atomic mass is 9.83. The van der Waals surface area contributed by atoms with Crippen molar-refractivity contribution in [1.82, 2.24) is 14.9 Å². The lowest BCUT2D eigenvalue weighted by molar-refractivity contribution is -0.113. The fraction of sp³-hybridized carbons (Fsp3) is 0.292. The molecule has 33 heavy (non-hydrogen) atoms. The van der Waals surface area contributed by atoms with Gasteiger partial charge in [0.15, 0.2) is 17.4 Å². The lowest BCUT2D eigenvalue weighted by Crippen LogP contribution is -2.24. The summed E-state index contributed by atoms with van der Waals surface area (Å²) in [5.41, 5.74) is 1.56. The van der Waals surface area contributed by atoms with E-state index in [1.807, 2.05) is 0 Å². The third kappa shape index (κ3) is 3.93. The monoisotopic (exact) mass is 461 g/mol. The van der Waals surface area contributed by atoms with Crippen molar-refractivity contribution in [2.24, 2.45) is 0 Å². The average molecular weight is 462 g/mol. The molecule has 0 aliphatic heterocycles. The molecule has 5 rings (SSSR count). The Morgan fingerprint density at radius 3 is 2.42 bits per heavy atom. The van der Waals surface area contributed by atoms with Crippen molar-refractivity contribution in [3.8, 4) is 0 Å². The number of ketones is 2. The number of aromatic nitrogens is 3. The molecule has 168 valence electrons. The average Bonchev–Trinajstić information content (AvgIpc) is 3.22. The third-order valence-corrected chi connectivity index (χ3v) is 7.16. The van der Waals surface area contributed by atoms with Gasteiger partial charge in [-0.2, -0.15) is 0 Å². The van der Waals surface area contributed by atoms with Crippen molar-refractivity contribution in [1.29, 1.82) is 0 Å². The van der Waals surface area contributed by atoms with Crippen molar-refractivity contribution >= 4 is 34.9 Å². The minimum absolute atomic E-state index is 0.0440. The quantitative estimate of drug-likeness (QED) is 0.344. The van der Waals surface area contributed by atoms with Gasteiger partial charge in [0.25, 0.3) is 0 Å². The zero-order valence-electron chi connectivity index (χ0n) is 17.9. The molecule has 1 aromatic heterocycles. The van der Waals surface area contributed by atoms with Gasteiger partial charge in [0.05, 0.1) is 17.0 Å². The summed E-state index contributed by atoms with van der Waals surface area (Å²) in [5.74, 6) is 6.49. The SMILES string of the molecule is Nn1c(SCC(=O)Nc2cccc3c2C(=O)c2ccccc2C3=O)nnc1C1CCCCC1. The molecule has 0 radical (unpaired) electrons. The first kappa shape index (κ1) is 21.4. The Bertz CT molecular complexity index is 1260. The van der Waals surface area contributed by atoms with E-state index in [0.717, 1.165) is 31.5 Å². The highest BCUT2D eigenvalue weighted by Crippen LogP contribution is 2.33. The van der Waals surface area contributed by atoms with Crippen molar-refractivity contribution < 1.29 is 14.4 Å². The molecule has 9 heteroatoms. The molecule has 1 heterocycles. The van der Waals surface area contributed by atoms with Crippen LogP contribution in [0.25, 0.3) is 0 Å². The second kappa shape index (κ2) is 8.82. The normalized spacial score (nSPS) is 15.8. The maximum atomic E-state index is 13.1. The van der Waals surface area contributed by atoms with Gasteiger partial charge >= 0.3 is 0 Å². The molecule has 1 fully saturated rings. The topological polar surface area (TPSA) is 120 Å². The first-order chi connectivity index (χ1) is 16.0. The molecule has 2 aromatic carbocycles. The Morgan fingerprint density at radius 1 is 0.970 bits per heavy atom. The summed E-state index contributed by atoms with van der Waals surface area (Å²) in [5, 5.41) is 11.7. The number of carbonyl (C=O) groups excluding carboxylic acids is 3. The van der Waals surface area contributed by atoms with E-state index >= 15 is 0 Å². The number of rotatable bonds is 5. The van der Waals surface area contributed by atoms with E-state index in [1.165, 1.54) is 22.9 Å². The summed E-state index contributed by atoms with van der Waals surface area (Å²) in [6.07, 6.45) is 5.66. The number of benzene rings is 2. The number of thioether (sulfide) groups is 1. The van der Waals surface area contributed by atoms with Gasteiger partial charge in [-0.3, -0.25) is 14.4 Å². The molecule has 0 spiro atoms. The molecule has 2 aliphatic carbocycles. The van der Waals surface area contributed by atoms with Crippen LogP contribution in [-0.4, -0.2) is 38.1 Å². The number of carbonyl (C=O) groups is 3. The Labute approximate surface area is 194 Å². The minimum Gasteiger partial charge on any atom is -0.336 e. The number of nitrogens with zero attached hydrogens (tertiary/aromatic N) is 3. The second-order valence-corrected chi connectivity index (χ2v) is 9.26. The van der Waals surface area contributed by atoms with Crippen LogP contribution < -0.4 is 11.2 Å². The molecule has 3 aromatic rings. The summed E-state index contributed by atoms with van der Waals surface area (Å²) in [6.45, 7) is 0. The molecule has 8 nitrogen and oxygen atoms in total. The highest BCUT2D eigenvalue weighted by Gasteiger charge is 2.31. The Hall–Kier alpha value is -3.46. The highest BCUT2D eigenvalue weighted by atomic mass is 32.2. The molecule has 0 bridgehead atoms. The van der Waals surface area contributed by atoms with E-state index in [0.29, 0.717) is 33.5 Å². The van der Waals surface area contributed by atoms with Crippen LogP contribution in [0.15, 0.2) is 47.6 Å². The van der Waals surface area contributed by atoms with E-state index in [9.17, 15) is 14.4 Å². The molecule has 1 amide bonds.